The zero-order valence-electron chi connectivity index (χ0n) is 15.8. The molecule has 0 fully saturated rings. The van der Waals surface area contributed by atoms with E-state index in [4.69, 9.17) is 14.5 Å². The molecule has 0 radical (unpaired) electrons. The number of hydrogen-bond donors (Lipinski definition) is 2. The Bertz CT molecular complexity index is 780. The number of nitrogens with zero attached hydrogens (tertiary/aromatic N) is 2. The van der Waals surface area contributed by atoms with Crippen molar-refractivity contribution in [2.24, 2.45) is 4.99 Å². The van der Waals surface area contributed by atoms with E-state index in [0.717, 1.165) is 46.7 Å². The first kappa shape index (κ1) is 18.5. The molecular weight excluding hydrogens is 348 g/mol. The van der Waals surface area contributed by atoms with Gasteiger partial charge in [0.15, 0.2) is 17.5 Å². The molecule has 26 heavy (non-hydrogen) atoms. The number of aromatic nitrogens is 1. The zero-order valence-corrected chi connectivity index (χ0v) is 16.6. The van der Waals surface area contributed by atoms with Gasteiger partial charge in [0.1, 0.15) is 0 Å². The quantitative estimate of drug-likeness (QED) is 0.622. The van der Waals surface area contributed by atoms with Crippen LogP contribution in [-0.4, -0.2) is 31.3 Å². The molecule has 0 unspecified atom stereocenters. The van der Waals surface area contributed by atoms with Crippen LogP contribution in [0.2, 0.25) is 0 Å². The lowest BCUT2D eigenvalue weighted by Crippen LogP contribution is -2.37. The van der Waals surface area contributed by atoms with E-state index in [9.17, 15) is 0 Å². The number of aliphatic imine (C=N–C) groups is 1. The summed E-state index contributed by atoms with van der Waals surface area (Å²) in [5, 5.41) is 9.96. The van der Waals surface area contributed by atoms with Gasteiger partial charge in [-0.15, -0.1) is 11.3 Å². The fourth-order valence-corrected chi connectivity index (χ4v) is 3.54. The summed E-state index contributed by atoms with van der Waals surface area (Å²) in [5.74, 6) is 2.37. The van der Waals surface area contributed by atoms with Gasteiger partial charge in [-0.25, -0.2) is 4.98 Å². The molecule has 6 nitrogen and oxygen atoms in total. The highest BCUT2D eigenvalue weighted by molar-refractivity contribution is 7.09. The second-order valence-electron chi connectivity index (χ2n) is 7.17. The Morgan fingerprint density at radius 1 is 1.23 bits per heavy atom. The van der Waals surface area contributed by atoms with Crippen molar-refractivity contribution in [2.45, 2.75) is 39.2 Å². The molecule has 140 valence electrons. The molecule has 2 N–H and O–H groups in total. The highest BCUT2D eigenvalue weighted by Gasteiger charge is 2.17. The van der Waals surface area contributed by atoms with Gasteiger partial charge in [0, 0.05) is 37.4 Å². The standard InChI is InChI=1S/C19H26N4O2S/c1-19(2,3)16-11-26-17(23-16)7-8-21-18(20-4)22-10-13-5-6-14-15(9-13)25-12-24-14/h5-6,9,11H,7-8,10,12H2,1-4H3,(H2,20,21,22). The third-order valence-corrected chi connectivity index (χ3v) is 4.98. The molecule has 2 aromatic rings. The van der Waals surface area contributed by atoms with Gasteiger partial charge in [0.2, 0.25) is 6.79 Å². The molecule has 0 aliphatic carbocycles. The number of fused-ring (bicyclic) bond motifs is 1. The van der Waals surface area contributed by atoms with E-state index in [1.807, 2.05) is 18.2 Å². The number of rotatable bonds is 5. The number of thiazole rings is 1. The Labute approximate surface area is 158 Å². The van der Waals surface area contributed by atoms with Crippen LogP contribution in [0.5, 0.6) is 11.5 Å². The molecule has 1 aliphatic rings. The Morgan fingerprint density at radius 2 is 2.04 bits per heavy atom. The van der Waals surface area contributed by atoms with E-state index in [1.54, 1.807) is 18.4 Å². The number of ether oxygens (including phenoxy) is 2. The molecule has 0 bridgehead atoms. The van der Waals surface area contributed by atoms with Crippen LogP contribution in [0.3, 0.4) is 0 Å². The molecule has 1 aromatic heterocycles. The molecule has 2 heterocycles. The van der Waals surface area contributed by atoms with Crippen molar-refractivity contribution >= 4 is 17.3 Å². The summed E-state index contributed by atoms with van der Waals surface area (Å²) >= 11 is 1.72. The number of benzene rings is 1. The summed E-state index contributed by atoms with van der Waals surface area (Å²) in [6.45, 7) is 8.31. The number of guanidine groups is 1. The largest absolute Gasteiger partial charge is 0.454 e. The predicted molar refractivity (Wildman–Crippen MR) is 105 cm³/mol. The lowest BCUT2D eigenvalue weighted by Gasteiger charge is -2.14. The SMILES string of the molecule is CN=C(NCCc1nc(C(C)(C)C)cs1)NCc1ccc2c(c1)OCO2. The van der Waals surface area contributed by atoms with Gasteiger partial charge in [-0.05, 0) is 17.7 Å². The summed E-state index contributed by atoms with van der Waals surface area (Å²) in [6.07, 6.45) is 0.880. The van der Waals surface area contributed by atoms with Crippen LogP contribution in [0.25, 0.3) is 0 Å². The van der Waals surface area contributed by atoms with Crippen molar-refractivity contribution in [2.75, 3.05) is 20.4 Å². The van der Waals surface area contributed by atoms with E-state index in [0.29, 0.717) is 13.3 Å². The zero-order chi connectivity index (χ0) is 18.6. The van der Waals surface area contributed by atoms with Crippen LogP contribution in [0.1, 0.15) is 37.0 Å². The van der Waals surface area contributed by atoms with Gasteiger partial charge in [0.05, 0.1) is 10.7 Å². The van der Waals surface area contributed by atoms with E-state index < -0.39 is 0 Å². The monoisotopic (exact) mass is 374 g/mol. The lowest BCUT2D eigenvalue weighted by atomic mass is 9.93. The van der Waals surface area contributed by atoms with Crippen LogP contribution in [0.15, 0.2) is 28.6 Å². The summed E-state index contributed by atoms with van der Waals surface area (Å²) in [4.78, 5) is 9.00. The Balaban J connectivity index is 1.45. The van der Waals surface area contributed by atoms with Gasteiger partial charge >= 0.3 is 0 Å². The highest BCUT2D eigenvalue weighted by atomic mass is 32.1. The summed E-state index contributed by atoms with van der Waals surface area (Å²) < 4.78 is 10.7. The lowest BCUT2D eigenvalue weighted by molar-refractivity contribution is 0.174. The molecule has 0 atom stereocenters. The normalized spacial score (nSPS) is 13.8. The maximum absolute atomic E-state index is 5.41. The maximum atomic E-state index is 5.41. The minimum absolute atomic E-state index is 0.102. The predicted octanol–water partition coefficient (Wildman–Crippen LogP) is 3.08. The molecule has 0 amide bonds. The molecule has 0 saturated carbocycles. The molecule has 0 saturated heterocycles. The first-order chi connectivity index (χ1) is 12.5. The second kappa shape index (κ2) is 7.95. The second-order valence-corrected chi connectivity index (χ2v) is 8.11. The topological polar surface area (TPSA) is 67.8 Å². The molecule has 1 aliphatic heterocycles. The third-order valence-electron chi connectivity index (χ3n) is 4.07. The van der Waals surface area contributed by atoms with E-state index >= 15 is 0 Å². The minimum atomic E-state index is 0.102. The number of hydrogen-bond acceptors (Lipinski definition) is 5. The van der Waals surface area contributed by atoms with Crippen molar-refractivity contribution in [1.29, 1.82) is 0 Å². The van der Waals surface area contributed by atoms with Crippen molar-refractivity contribution in [3.63, 3.8) is 0 Å². The van der Waals surface area contributed by atoms with E-state index in [1.165, 1.54) is 0 Å². The molecule has 7 heteroatoms. The van der Waals surface area contributed by atoms with Gasteiger partial charge in [-0.3, -0.25) is 4.99 Å². The van der Waals surface area contributed by atoms with E-state index in [-0.39, 0.29) is 5.41 Å². The summed E-state index contributed by atoms with van der Waals surface area (Å²) in [6, 6.07) is 5.95. The van der Waals surface area contributed by atoms with Gasteiger partial charge in [-0.1, -0.05) is 26.8 Å². The Morgan fingerprint density at radius 3 is 2.77 bits per heavy atom. The first-order valence-electron chi connectivity index (χ1n) is 8.73. The van der Waals surface area contributed by atoms with Crippen LogP contribution in [0, 0.1) is 0 Å². The van der Waals surface area contributed by atoms with Crippen molar-refractivity contribution in [3.05, 3.63) is 39.8 Å². The summed E-state index contributed by atoms with van der Waals surface area (Å²) in [5.41, 5.74) is 2.37. The first-order valence-corrected chi connectivity index (χ1v) is 9.61. The van der Waals surface area contributed by atoms with Crippen molar-refractivity contribution in [1.82, 2.24) is 15.6 Å². The average molecular weight is 375 g/mol. The highest BCUT2D eigenvalue weighted by Crippen LogP contribution is 2.32. The molecule has 0 spiro atoms. The summed E-state index contributed by atoms with van der Waals surface area (Å²) in [7, 11) is 1.77. The number of nitrogens with one attached hydrogen (secondary N) is 2. The van der Waals surface area contributed by atoms with E-state index in [2.05, 4.69) is 41.8 Å². The van der Waals surface area contributed by atoms with Crippen molar-refractivity contribution in [3.8, 4) is 11.5 Å². The van der Waals surface area contributed by atoms with Crippen LogP contribution in [0.4, 0.5) is 0 Å². The molecule has 3 rings (SSSR count). The Kier molecular flexibility index (Phi) is 5.66. The third kappa shape index (κ3) is 4.66. The van der Waals surface area contributed by atoms with Crippen molar-refractivity contribution < 1.29 is 9.47 Å². The molecule has 1 aromatic carbocycles. The fraction of sp³-hybridized carbons (Fsp3) is 0.474. The average Bonchev–Trinajstić information content (AvgIpc) is 3.26. The fourth-order valence-electron chi connectivity index (χ4n) is 2.52. The molecular formula is C19H26N4O2S. The smallest absolute Gasteiger partial charge is 0.231 e. The van der Waals surface area contributed by atoms with Gasteiger partial charge in [-0.2, -0.15) is 0 Å². The van der Waals surface area contributed by atoms with Crippen LogP contribution < -0.4 is 20.1 Å². The van der Waals surface area contributed by atoms with Gasteiger partial charge < -0.3 is 20.1 Å². The van der Waals surface area contributed by atoms with Crippen LogP contribution in [-0.2, 0) is 18.4 Å². The van der Waals surface area contributed by atoms with Crippen LogP contribution >= 0.6 is 11.3 Å². The maximum Gasteiger partial charge on any atom is 0.231 e. The minimum Gasteiger partial charge on any atom is -0.454 e. The Hall–Kier alpha value is -2.28. The van der Waals surface area contributed by atoms with Gasteiger partial charge in [0.25, 0.3) is 0 Å².